The highest BCUT2D eigenvalue weighted by Gasteiger charge is 2.18. The molecule has 3 nitrogen and oxygen atoms in total. The van der Waals surface area contributed by atoms with Gasteiger partial charge in [-0.1, -0.05) is 31.2 Å². The van der Waals surface area contributed by atoms with Gasteiger partial charge in [0.05, 0.1) is 0 Å². The number of nitrogens with two attached hydrogens (primary N) is 1. The molecule has 0 aromatic heterocycles. The lowest BCUT2D eigenvalue weighted by atomic mass is 10.0. The molecule has 0 aliphatic carbocycles. The van der Waals surface area contributed by atoms with Crippen LogP contribution in [0.5, 0.6) is 0 Å². The third-order valence-corrected chi connectivity index (χ3v) is 3.95. The Bertz CT molecular complexity index is 370. The van der Waals surface area contributed by atoms with Gasteiger partial charge in [-0.3, -0.25) is 4.90 Å². The predicted molar refractivity (Wildman–Crippen MR) is 76.7 cm³/mol. The van der Waals surface area contributed by atoms with E-state index in [9.17, 15) is 0 Å². The summed E-state index contributed by atoms with van der Waals surface area (Å²) in [5.74, 6) is 0. The van der Waals surface area contributed by atoms with Crippen LogP contribution in [0.1, 0.15) is 24.1 Å². The topological polar surface area (TPSA) is 32.5 Å². The Hall–Kier alpha value is -0.900. The molecular formula is C15H25N3. The van der Waals surface area contributed by atoms with Gasteiger partial charge in [-0.2, -0.15) is 0 Å². The van der Waals surface area contributed by atoms with E-state index in [1.807, 2.05) is 0 Å². The van der Waals surface area contributed by atoms with Crippen molar-refractivity contribution in [2.45, 2.75) is 19.9 Å². The van der Waals surface area contributed by atoms with Gasteiger partial charge < -0.3 is 10.6 Å². The van der Waals surface area contributed by atoms with Gasteiger partial charge in [-0.25, -0.2) is 0 Å². The van der Waals surface area contributed by atoms with Crippen molar-refractivity contribution in [1.82, 2.24) is 9.80 Å². The van der Waals surface area contributed by atoms with Gasteiger partial charge in [-0.05, 0) is 24.6 Å². The number of aryl methyl sites for hydroxylation is 1. The van der Waals surface area contributed by atoms with Crippen LogP contribution in [0, 0.1) is 6.92 Å². The molecule has 1 fully saturated rings. The van der Waals surface area contributed by atoms with Gasteiger partial charge in [0.25, 0.3) is 0 Å². The van der Waals surface area contributed by atoms with Gasteiger partial charge >= 0.3 is 0 Å². The smallest absolute Gasteiger partial charge is 0.0426 e. The summed E-state index contributed by atoms with van der Waals surface area (Å²) in [7, 11) is 0. The minimum atomic E-state index is 0.138. The lowest BCUT2D eigenvalue weighted by Gasteiger charge is -2.35. The molecule has 1 unspecified atom stereocenters. The largest absolute Gasteiger partial charge is 0.323 e. The quantitative estimate of drug-likeness (QED) is 0.878. The van der Waals surface area contributed by atoms with Crippen LogP contribution in [0.4, 0.5) is 0 Å². The summed E-state index contributed by atoms with van der Waals surface area (Å²) in [6, 6.07) is 8.59. The van der Waals surface area contributed by atoms with E-state index in [2.05, 4.69) is 47.9 Å². The molecule has 0 radical (unpaired) electrons. The highest BCUT2D eigenvalue weighted by atomic mass is 15.3. The second-order valence-electron chi connectivity index (χ2n) is 5.20. The molecule has 1 aliphatic heterocycles. The molecule has 0 saturated carbocycles. The van der Waals surface area contributed by atoms with E-state index in [1.54, 1.807) is 0 Å². The number of piperazine rings is 1. The Morgan fingerprint density at radius 3 is 2.33 bits per heavy atom. The molecule has 0 spiro atoms. The van der Waals surface area contributed by atoms with Crippen LogP contribution >= 0.6 is 0 Å². The first-order chi connectivity index (χ1) is 8.70. The van der Waals surface area contributed by atoms with Crippen LogP contribution in [-0.2, 0) is 0 Å². The van der Waals surface area contributed by atoms with E-state index in [0.29, 0.717) is 0 Å². The molecule has 1 aromatic rings. The number of rotatable bonds is 4. The first kappa shape index (κ1) is 13.5. The normalized spacial score (nSPS) is 19.9. The second-order valence-corrected chi connectivity index (χ2v) is 5.20. The molecule has 0 amide bonds. The van der Waals surface area contributed by atoms with Crippen LogP contribution in [0.25, 0.3) is 0 Å². The van der Waals surface area contributed by atoms with Gasteiger partial charge in [-0.15, -0.1) is 0 Å². The van der Waals surface area contributed by atoms with E-state index in [1.165, 1.54) is 24.2 Å². The maximum atomic E-state index is 6.34. The minimum absolute atomic E-state index is 0.138. The molecule has 1 saturated heterocycles. The van der Waals surface area contributed by atoms with Crippen molar-refractivity contribution >= 4 is 0 Å². The lowest BCUT2D eigenvalue weighted by molar-refractivity contribution is 0.131. The molecule has 2 rings (SSSR count). The number of hydrogen-bond donors (Lipinski definition) is 1. The van der Waals surface area contributed by atoms with E-state index in [4.69, 9.17) is 5.73 Å². The van der Waals surface area contributed by atoms with Gasteiger partial charge in [0.15, 0.2) is 0 Å². The highest BCUT2D eigenvalue weighted by molar-refractivity contribution is 5.28. The fourth-order valence-corrected chi connectivity index (χ4v) is 2.67. The van der Waals surface area contributed by atoms with Crippen LogP contribution < -0.4 is 5.73 Å². The van der Waals surface area contributed by atoms with Crippen molar-refractivity contribution in [3.63, 3.8) is 0 Å². The summed E-state index contributed by atoms with van der Waals surface area (Å²) in [6.07, 6.45) is 0. The van der Waals surface area contributed by atoms with Crippen molar-refractivity contribution in [2.24, 2.45) is 5.73 Å². The van der Waals surface area contributed by atoms with E-state index in [0.717, 1.165) is 26.2 Å². The van der Waals surface area contributed by atoms with Gasteiger partial charge in [0.1, 0.15) is 0 Å². The number of hydrogen-bond acceptors (Lipinski definition) is 3. The fourth-order valence-electron chi connectivity index (χ4n) is 2.67. The average Bonchev–Trinajstić information content (AvgIpc) is 2.40. The van der Waals surface area contributed by atoms with E-state index < -0.39 is 0 Å². The molecule has 18 heavy (non-hydrogen) atoms. The van der Waals surface area contributed by atoms with Crippen molar-refractivity contribution < 1.29 is 0 Å². The number of likely N-dealkylation sites (N-methyl/N-ethyl adjacent to an activating group) is 1. The Balaban J connectivity index is 1.89. The zero-order chi connectivity index (χ0) is 13.0. The van der Waals surface area contributed by atoms with Crippen LogP contribution in [-0.4, -0.2) is 49.1 Å². The lowest BCUT2D eigenvalue weighted by Crippen LogP contribution is -2.48. The number of benzene rings is 1. The molecule has 0 bridgehead atoms. The molecular weight excluding hydrogens is 222 g/mol. The second kappa shape index (κ2) is 6.32. The standard InChI is InChI=1S/C15H25N3/c1-3-17-8-10-18(11-9-17)12-15(16)14-7-5-4-6-13(14)2/h4-7,15H,3,8-12,16H2,1-2H3. The fraction of sp³-hybridized carbons (Fsp3) is 0.600. The molecule has 3 heteroatoms. The van der Waals surface area contributed by atoms with E-state index in [-0.39, 0.29) is 6.04 Å². The zero-order valence-corrected chi connectivity index (χ0v) is 11.6. The third-order valence-electron chi connectivity index (χ3n) is 3.95. The van der Waals surface area contributed by atoms with Crippen molar-refractivity contribution in [1.29, 1.82) is 0 Å². The molecule has 2 N–H and O–H groups in total. The van der Waals surface area contributed by atoms with Crippen molar-refractivity contribution in [3.05, 3.63) is 35.4 Å². The van der Waals surface area contributed by atoms with Gasteiger partial charge in [0.2, 0.25) is 0 Å². The minimum Gasteiger partial charge on any atom is -0.323 e. The average molecular weight is 247 g/mol. The first-order valence-electron chi connectivity index (χ1n) is 6.96. The summed E-state index contributed by atoms with van der Waals surface area (Å²) in [6.45, 7) is 11.2. The monoisotopic (exact) mass is 247 g/mol. The van der Waals surface area contributed by atoms with Crippen molar-refractivity contribution in [2.75, 3.05) is 39.3 Å². The summed E-state index contributed by atoms with van der Waals surface area (Å²) >= 11 is 0. The van der Waals surface area contributed by atoms with Crippen molar-refractivity contribution in [3.8, 4) is 0 Å². The zero-order valence-electron chi connectivity index (χ0n) is 11.6. The van der Waals surface area contributed by atoms with Gasteiger partial charge in [0, 0.05) is 38.8 Å². The SMILES string of the molecule is CCN1CCN(CC(N)c2ccccc2C)CC1. The Morgan fingerprint density at radius 2 is 1.72 bits per heavy atom. The maximum absolute atomic E-state index is 6.34. The Labute approximate surface area is 111 Å². The van der Waals surface area contributed by atoms with E-state index >= 15 is 0 Å². The summed E-state index contributed by atoms with van der Waals surface area (Å²) in [5.41, 5.74) is 8.93. The van der Waals surface area contributed by atoms with Crippen LogP contribution in [0.15, 0.2) is 24.3 Å². The maximum Gasteiger partial charge on any atom is 0.0426 e. The van der Waals surface area contributed by atoms with Crippen LogP contribution in [0.3, 0.4) is 0 Å². The summed E-state index contributed by atoms with van der Waals surface area (Å²) in [4.78, 5) is 4.99. The first-order valence-corrected chi connectivity index (χ1v) is 6.96. The highest BCUT2D eigenvalue weighted by Crippen LogP contribution is 2.16. The molecule has 1 aromatic carbocycles. The predicted octanol–water partition coefficient (Wildman–Crippen LogP) is 1.63. The third kappa shape index (κ3) is 3.31. The van der Waals surface area contributed by atoms with Crippen LogP contribution in [0.2, 0.25) is 0 Å². The molecule has 1 heterocycles. The summed E-state index contributed by atoms with van der Waals surface area (Å²) in [5, 5.41) is 0. The Kier molecular flexibility index (Phi) is 4.75. The molecule has 1 aliphatic rings. The summed E-state index contributed by atoms with van der Waals surface area (Å²) < 4.78 is 0. The molecule has 1 atom stereocenters. The molecule has 100 valence electrons. The number of nitrogens with zero attached hydrogens (tertiary/aromatic N) is 2. The Morgan fingerprint density at radius 1 is 1.11 bits per heavy atom.